The molecule has 3 rings (SSSR count). The van der Waals surface area contributed by atoms with Crippen molar-refractivity contribution in [3.63, 3.8) is 0 Å². The zero-order valence-electron chi connectivity index (χ0n) is 15.6. The lowest BCUT2D eigenvalue weighted by Crippen LogP contribution is -3.00. The number of hydrogen-bond acceptors (Lipinski definition) is 4. The molecular formula is C22H20BrNO4. The molecule has 1 heterocycles. The average molecular weight is 442 g/mol. The molecular weight excluding hydrogens is 422 g/mol. The smallest absolute Gasteiger partial charge is 0.231 e. The van der Waals surface area contributed by atoms with Crippen LogP contribution in [0.15, 0.2) is 73.1 Å². The van der Waals surface area contributed by atoms with Crippen LogP contribution in [0.5, 0.6) is 11.5 Å². The second-order valence-corrected chi connectivity index (χ2v) is 5.94. The summed E-state index contributed by atoms with van der Waals surface area (Å²) in [5.74, 6) is 0.947. The summed E-state index contributed by atoms with van der Waals surface area (Å²) >= 11 is 0. The monoisotopic (exact) mass is 441 g/mol. The Morgan fingerprint density at radius 2 is 1.50 bits per heavy atom. The topological polar surface area (TPSA) is 56.5 Å². The number of carbonyl (C=O) groups excluding carboxylic acids is 2. The minimum atomic E-state index is -0.0957. The molecule has 0 aliphatic heterocycles. The highest BCUT2D eigenvalue weighted by Crippen LogP contribution is 2.24. The van der Waals surface area contributed by atoms with E-state index in [9.17, 15) is 9.59 Å². The fourth-order valence-electron chi connectivity index (χ4n) is 2.75. The minimum Gasteiger partial charge on any atom is -1.00 e. The van der Waals surface area contributed by atoms with Gasteiger partial charge in [-0.05, 0) is 12.1 Å². The molecule has 0 atom stereocenters. The van der Waals surface area contributed by atoms with Crippen molar-refractivity contribution in [2.75, 3.05) is 14.2 Å². The van der Waals surface area contributed by atoms with Gasteiger partial charge < -0.3 is 26.5 Å². The number of benzene rings is 2. The maximum absolute atomic E-state index is 12.6. The first-order valence-electron chi connectivity index (χ1n) is 8.46. The van der Waals surface area contributed by atoms with Gasteiger partial charge in [0.25, 0.3) is 0 Å². The van der Waals surface area contributed by atoms with E-state index in [1.54, 1.807) is 66.5 Å². The van der Waals surface area contributed by atoms with Crippen LogP contribution < -0.4 is 31.0 Å². The molecule has 0 aliphatic carbocycles. The Hall–Kier alpha value is -2.99. The lowest BCUT2D eigenvalue weighted by Gasteiger charge is -2.08. The van der Waals surface area contributed by atoms with Crippen LogP contribution in [-0.4, -0.2) is 25.8 Å². The molecule has 0 saturated carbocycles. The van der Waals surface area contributed by atoms with Gasteiger partial charge in [-0.25, -0.2) is 0 Å². The quantitative estimate of drug-likeness (QED) is 0.385. The predicted molar refractivity (Wildman–Crippen MR) is 100 cm³/mol. The first-order valence-corrected chi connectivity index (χ1v) is 8.46. The Morgan fingerprint density at radius 3 is 2.11 bits per heavy atom. The Labute approximate surface area is 174 Å². The largest absolute Gasteiger partial charge is 1.00 e. The van der Waals surface area contributed by atoms with E-state index in [-0.39, 0.29) is 35.1 Å². The molecule has 0 N–H and O–H groups in total. The summed E-state index contributed by atoms with van der Waals surface area (Å²) in [6.45, 7) is 0.141. The normalized spacial score (nSPS) is 9.93. The van der Waals surface area contributed by atoms with Crippen molar-refractivity contribution in [2.45, 2.75) is 6.54 Å². The molecule has 6 heteroatoms. The van der Waals surface area contributed by atoms with Crippen LogP contribution in [0, 0.1) is 0 Å². The Balaban J connectivity index is 0.00000280. The highest BCUT2D eigenvalue weighted by molar-refractivity contribution is 6.08. The Morgan fingerprint density at radius 1 is 0.857 bits per heavy atom. The van der Waals surface area contributed by atoms with Gasteiger partial charge in [0.15, 0.2) is 18.2 Å². The molecule has 0 saturated heterocycles. The van der Waals surface area contributed by atoms with E-state index in [1.807, 2.05) is 18.2 Å². The number of pyridine rings is 1. The number of nitrogens with zero attached hydrogens (tertiary/aromatic N) is 1. The van der Waals surface area contributed by atoms with Gasteiger partial charge in [-0.3, -0.25) is 9.59 Å². The molecule has 2 aromatic carbocycles. The van der Waals surface area contributed by atoms with Crippen LogP contribution in [0.2, 0.25) is 0 Å². The number of carbonyl (C=O) groups is 2. The van der Waals surface area contributed by atoms with E-state index < -0.39 is 0 Å². The number of rotatable bonds is 7. The van der Waals surface area contributed by atoms with Crippen LogP contribution in [-0.2, 0) is 6.54 Å². The number of aromatic nitrogens is 1. The van der Waals surface area contributed by atoms with Gasteiger partial charge in [-0.1, -0.05) is 30.3 Å². The molecule has 0 spiro atoms. The first-order chi connectivity index (χ1) is 13.1. The second kappa shape index (κ2) is 9.80. The van der Waals surface area contributed by atoms with Gasteiger partial charge in [0, 0.05) is 29.3 Å². The summed E-state index contributed by atoms with van der Waals surface area (Å²) in [5.41, 5.74) is 1.69. The molecule has 0 fully saturated rings. The van der Waals surface area contributed by atoms with E-state index in [4.69, 9.17) is 9.47 Å². The number of halogens is 1. The van der Waals surface area contributed by atoms with Gasteiger partial charge >= 0.3 is 0 Å². The van der Waals surface area contributed by atoms with Crippen molar-refractivity contribution < 1.29 is 40.6 Å². The van der Waals surface area contributed by atoms with Crippen molar-refractivity contribution >= 4 is 11.6 Å². The Bertz CT molecular complexity index is 956. The summed E-state index contributed by atoms with van der Waals surface area (Å²) in [6.07, 6.45) is 3.45. The zero-order chi connectivity index (χ0) is 19.2. The number of methoxy groups -OCH3 is 2. The highest BCUT2D eigenvalue weighted by Gasteiger charge is 2.18. The first kappa shape index (κ1) is 21.3. The van der Waals surface area contributed by atoms with Gasteiger partial charge in [0.1, 0.15) is 11.5 Å². The molecule has 5 nitrogen and oxygen atoms in total. The molecule has 0 bridgehead atoms. The highest BCUT2D eigenvalue weighted by atomic mass is 79.9. The summed E-state index contributed by atoms with van der Waals surface area (Å²) in [5, 5.41) is 0. The van der Waals surface area contributed by atoms with E-state index in [1.165, 1.54) is 7.11 Å². The van der Waals surface area contributed by atoms with E-state index in [0.717, 1.165) is 0 Å². The molecule has 3 aromatic rings. The SMILES string of the molecule is COc1ccc(C(=O)C[n+]2ccc(C(=O)c3ccccc3)cc2)c(OC)c1.[Br-]. The fourth-order valence-corrected chi connectivity index (χ4v) is 2.75. The average Bonchev–Trinajstić information content (AvgIpc) is 2.73. The zero-order valence-corrected chi connectivity index (χ0v) is 17.2. The molecule has 0 amide bonds. The standard InChI is InChI=1S/C22H20NO4.BrH/c1-26-18-8-9-19(21(14-18)27-2)20(24)15-23-12-10-17(11-13-23)22(25)16-6-4-3-5-7-16;/h3-14H,15H2,1-2H3;1H/q+1;/p-1. The molecule has 28 heavy (non-hydrogen) atoms. The van der Waals surface area contributed by atoms with Gasteiger partial charge in [0.05, 0.1) is 19.8 Å². The van der Waals surface area contributed by atoms with Gasteiger partial charge in [-0.2, -0.15) is 4.57 Å². The minimum absolute atomic E-state index is 0. The predicted octanol–water partition coefficient (Wildman–Crippen LogP) is 0.109. The summed E-state index contributed by atoms with van der Waals surface area (Å²) < 4.78 is 12.2. The Kier molecular flexibility index (Phi) is 7.46. The fraction of sp³-hybridized carbons (Fsp3) is 0.136. The third-order valence-corrected chi connectivity index (χ3v) is 4.22. The molecule has 0 radical (unpaired) electrons. The number of ether oxygens (including phenoxy) is 2. The third-order valence-electron chi connectivity index (χ3n) is 4.22. The molecule has 0 aliphatic rings. The summed E-state index contributed by atoms with van der Waals surface area (Å²) in [6, 6.07) is 17.6. The lowest BCUT2D eigenvalue weighted by molar-refractivity contribution is -0.683. The van der Waals surface area contributed by atoms with E-state index in [0.29, 0.717) is 28.2 Å². The number of ketones is 2. The summed E-state index contributed by atoms with van der Waals surface area (Å²) in [7, 11) is 3.08. The van der Waals surface area contributed by atoms with Gasteiger partial charge in [0.2, 0.25) is 12.3 Å². The van der Waals surface area contributed by atoms with Crippen LogP contribution in [0.3, 0.4) is 0 Å². The van der Waals surface area contributed by atoms with Crippen molar-refractivity contribution in [3.05, 3.63) is 89.7 Å². The third kappa shape index (κ3) is 4.84. The van der Waals surface area contributed by atoms with E-state index >= 15 is 0 Å². The van der Waals surface area contributed by atoms with E-state index in [2.05, 4.69) is 0 Å². The van der Waals surface area contributed by atoms with Crippen LogP contribution in [0.1, 0.15) is 26.3 Å². The van der Waals surface area contributed by atoms with Crippen LogP contribution in [0.25, 0.3) is 0 Å². The molecule has 144 valence electrons. The molecule has 0 unspecified atom stereocenters. The maximum atomic E-state index is 12.6. The molecule has 1 aromatic heterocycles. The van der Waals surface area contributed by atoms with Crippen molar-refractivity contribution in [2.24, 2.45) is 0 Å². The lowest BCUT2D eigenvalue weighted by atomic mass is 10.0. The second-order valence-electron chi connectivity index (χ2n) is 5.94. The van der Waals surface area contributed by atoms with Gasteiger partial charge in [-0.15, -0.1) is 0 Å². The van der Waals surface area contributed by atoms with Crippen LogP contribution in [0.4, 0.5) is 0 Å². The number of hydrogen-bond donors (Lipinski definition) is 0. The van der Waals surface area contributed by atoms with Crippen LogP contribution >= 0.6 is 0 Å². The van der Waals surface area contributed by atoms with Crippen molar-refractivity contribution in [1.82, 2.24) is 0 Å². The van der Waals surface area contributed by atoms with Crippen molar-refractivity contribution in [3.8, 4) is 11.5 Å². The van der Waals surface area contributed by atoms with Crippen molar-refractivity contribution in [1.29, 1.82) is 0 Å². The maximum Gasteiger partial charge on any atom is 0.231 e. The number of Topliss-reactive ketones (excluding diaryl/α,β-unsaturated/α-hetero) is 1. The summed E-state index contributed by atoms with van der Waals surface area (Å²) in [4.78, 5) is 25.1.